The lowest BCUT2D eigenvalue weighted by atomic mass is 10.2. The standard InChI is InChI=1S/C16H15F4NO2S/c17-15-9-5-4-8-14(15)10-21(12-16(18,19)20)24(22,23)11-13-6-2-1-3-7-13/h1-9H,10-12H2. The Balaban J connectivity index is 2.29. The summed E-state index contributed by atoms with van der Waals surface area (Å²) in [5, 5.41) is 0. The molecule has 0 amide bonds. The van der Waals surface area contributed by atoms with E-state index in [-0.39, 0.29) is 9.87 Å². The topological polar surface area (TPSA) is 37.4 Å². The first-order chi connectivity index (χ1) is 11.2. The lowest BCUT2D eigenvalue weighted by Crippen LogP contribution is -2.39. The van der Waals surface area contributed by atoms with Crippen molar-refractivity contribution in [1.82, 2.24) is 4.31 Å². The van der Waals surface area contributed by atoms with Crippen LogP contribution in [0.5, 0.6) is 0 Å². The molecule has 0 bridgehead atoms. The van der Waals surface area contributed by atoms with Crippen molar-refractivity contribution >= 4 is 10.0 Å². The number of hydrogen-bond acceptors (Lipinski definition) is 2. The van der Waals surface area contributed by atoms with Crippen molar-refractivity contribution in [3.63, 3.8) is 0 Å². The van der Waals surface area contributed by atoms with E-state index in [1.807, 2.05) is 0 Å². The van der Waals surface area contributed by atoms with Gasteiger partial charge in [0.25, 0.3) is 0 Å². The van der Waals surface area contributed by atoms with Crippen molar-refractivity contribution in [3.8, 4) is 0 Å². The van der Waals surface area contributed by atoms with Crippen LogP contribution in [0, 0.1) is 5.82 Å². The third-order valence-electron chi connectivity index (χ3n) is 3.25. The van der Waals surface area contributed by atoms with Crippen molar-refractivity contribution in [3.05, 3.63) is 71.5 Å². The first-order valence-electron chi connectivity index (χ1n) is 6.99. The minimum Gasteiger partial charge on any atom is -0.212 e. The van der Waals surface area contributed by atoms with E-state index in [0.29, 0.717) is 5.56 Å². The Morgan fingerprint density at radius 2 is 1.50 bits per heavy atom. The van der Waals surface area contributed by atoms with Gasteiger partial charge in [0.15, 0.2) is 0 Å². The molecule has 2 rings (SSSR count). The van der Waals surface area contributed by atoms with Crippen LogP contribution in [0.1, 0.15) is 11.1 Å². The van der Waals surface area contributed by atoms with Gasteiger partial charge < -0.3 is 0 Å². The van der Waals surface area contributed by atoms with Gasteiger partial charge >= 0.3 is 6.18 Å². The number of hydrogen-bond donors (Lipinski definition) is 0. The second-order valence-corrected chi connectivity index (χ2v) is 7.19. The molecule has 0 atom stereocenters. The fourth-order valence-corrected chi connectivity index (χ4v) is 3.62. The Bertz CT molecular complexity index is 776. The monoisotopic (exact) mass is 361 g/mol. The highest BCUT2D eigenvalue weighted by Crippen LogP contribution is 2.23. The van der Waals surface area contributed by atoms with Gasteiger partial charge in [-0.2, -0.15) is 17.5 Å². The third kappa shape index (κ3) is 5.31. The second kappa shape index (κ2) is 7.31. The summed E-state index contributed by atoms with van der Waals surface area (Å²) >= 11 is 0. The van der Waals surface area contributed by atoms with Crippen LogP contribution in [0.4, 0.5) is 17.6 Å². The zero-order valence-electron chi connectivity index (χ0n) is 12.5. The summed E-state index contributed by atoms with van der Waals surface area (Å²) in [6.45, 7) is -2.35. The molecule has 0 N–H and O–H groups in total. The lowest BCUT2D eigenvalue weighted by molar-refractivity contribution is -0.137. The summed E-state index contributed by atoms with van der Waals surface area (Å²) in [5.41, 5.74) is 0.247. The molecule has 3 nitrogen and oxygen atoms in total. The minimum absolute atomic E-state index is 0.113. The molecule has 0 saturated carbocycles. The van der Waals surface area contributed by atoms with Gasteiger partial charge in [-0.05, 0) is 11.6 Å². The Morgan fingerprint density at radius 1 is 0.917 bits per heavy atom. The molecule has 0 radical (unpaired) electrons. The molecule has 2 aromatic carbocycles. The molecule has 0 unspecified atom stereocenters. The van der Waals surface area contributed by atoms with Crippen LogP contribution in [0.3, 0.4) is 0 Å². The van der Waals surface area contributed by atoms with Gasteiger partial charge in [0.1, 0.15) is 12.4 Å². The highest BCUT2D eigenvalue weighted by Gasteiger charge is 2.36. The van der Waals surface area contributed by atoms with E-state index in [0.717, 1.165) is 6.07 Å². The van der Waals surface area contributed by atoms with Gasteiger partial charge in [-0.1, -0.05) is 48.5 Å². The van der Waals surface area contributed by atoms with E-state index in [1.54, 1.807) is 18.2 Å². The maximum absolute atomic E-state index is 13.7. The number of rotatable bonds is 6. The van der Waals surface area contributed by atoms with Crippen molar-refractivity contribution in [2.45, 2.75) is 18.5 Å². The highest BCUT2D eigenvalue weighted by molar-refractivity contribution is 7.88. The van der Waals surface area contributed by atoms with Crippen molar-refractivity contribution in [2.24, 2.45) is 0 Å². The van der Waals surface area contributed by atoms with E-state index in [1.165, 1.54) is 30.3 Å². The SMILES string of the molecule is O=S(=O)(Cc1ccccc1)N(Cc1ccccc1F)CC(F)(F)F. The predicted octanol–water partition coefficient (Wildman–Crippen LogP) is 3.72. The third-order valence-corrected chi connectivity index (χ3v) is 4.99. The maximum atomic E-state index is 13.7. The molecule has 0 aliphatic carbocycles. The summed E-state index contributed by atoms with van der Waals surface area (Å²) < 4.78 is 77.1. The molecular weight excluding hydrogens is 346 g/mol. The molecule has 0 aromatic heterocycles. The molecule has 8 heteroatoms. The first-order valence-corrected chi connectivity index (χ1v) is 8.60. The predicted molar refractivity (Wildman–Crippen MR) is 81.9 cm³/mol. The first kappa shape index (κ1) is 18.4. The van der Waals surface area contributed by atoms with Crippen molar-refractivity contribution in [1.29, 1.82) is 0 Å². The van der Waals surface area contributed by atoms with Crippen LogP contribution in [-0.4, -0.2) is 25.4 Å². The van der Waals surface area contributed by atoms with Gasteiger partial charge in [-0.15, -0.1) is 0 Å². The van der Waals surface area contributed by atoms with Crippen LogP contribution in [0.2, 0.25) is 0 Å². The zero-order chi connectivity index (χ0) is 17.8. The number of alkyl halides is 3. The summed E-state index contributed by atoms with van der Waals surface area (Å²) in [7, 11) is -4.28. The van der Waals surface area contributed by atoms with Gasteiger partial charge in [-0.25, -0.2) is 12.8 Å². The molecule has 24 heavy (non-hydrogen) atoms. The smallest absolute Gasteiger partial charge is 0.212 e. The molecular formula is C16H15F4NO2S. The number of halogens is 4. The maximum Gasteiger partial charge on any atom is 0.402 e. The fraction of sp³-hybridized carbons (Fsp3) is 0.250. The lowest BCUT2D eigenvalue weighted by Gasteiger charge is -2.23. The normalized spacial score (nSPS) is 12.5. The van der Waals surface area contributed by atoms with Gasteiger partial charge in [0.2, 0.25) is 10.0 Å². The van der Waals surface area contributed by atoms with E-state index < -0.39 is 40.9 Å². The quantitative estimate of drug-likeness (QED) is 0.736. The van der Waals surface area contributed by atoms with E-state index >= 15 is 0 Å². The number of sulfonamides is 1. The largest absolute Gasteiger partial charge is 0.402 e. The Kier molecular flexibility index (Phi) is 5.61. The molecule has 0 saturated heterocycles. The van der Waals surface area contributed by atoms with Gasteiger partial charge in [-0.3, -0.25) is 0 Å². The summed E-state index contributed by atoms with van der Waals surface area (Å²) in [4.78, 5) is 0. The Morgan fingerprint density at radius 3 is 2.08 bits per heavy atom. The number of nitrogens with zero attached hydrogens (tertiary/aromatic N) is 1. The fourth-order valence-electron chi connectivity index (χ4n) is 2.15. The average Bonchev–Trinajstić information content (AvgIpc) is 2.48. The van der Waals surface area contributed by atoms with Crippen LogP contribution in [0.25, 0.3) is 0 Å². The highest BCUT2D eigenvalue weighted by atomic mass is 32.2. The summed E-state index contributed by atoms with van der Waals surface area (Å²) in [5.74, 6) is -1.34. The second-order valence-electron chi connectivity index (χ2n) is 5.22. The Labute approximate surface area is 137 Å². The van der Waals surface area contributed by atoms with Crippen molar-refractivity contribution < 1.29 is 26.0 Å². The molecule has 0 aliphatic rings. The summed E-state index contributed by atoms with van der Waals surface area (Å²) in [6.07, 6.45) is -4.73. The average molecular weight is 361 g/mol. The molecule has 130 valence electrons. The molecule has 0 spiro atoms. The number of benzene rings is 2. The van der Waals surface area contributed by atoms with E-state index in [4.69, 9.17) is 0 Å². The minimum atomic E-state index is -4.73. The van der Waals surface area contributed by atoms with Crippen LogP contribution >= 0.6 is 0 Å². The van der Waals surface area contributed by atoms with Gasteiger partial charge in [0, 0.05) is 12.1 Å². The van der Waals surface area contributed by atoms with Crippen LogP contribution in [0.15, 0.2) is 54.6 Å². The molecule has 0 heterocycles. The molecule has 0 fully saturated rings. The van der Waals surface area contributed by atoms with Crippen LogP contribution in [-0.2, 0) is 22.3 Å². The van der Waals surface area contributed by atoms with Gasteiger partial charge in [0.05, 0.1) is 5.75 Å². The summed E-state index contributed by atoms with van der Waals surface area (Å²) in [6, 6.07) is 13.0. The van der Waals surface area contributed by atoms with E-state index in [2.05, 4.69) is 0 Å². The van der Waals surface area contributed by atoms with Crippen LogP contribution < -0.4 is 0 Å². The molecule has 2 aromatic rings. The van der Waals surface area contributed by atoms with Crippen molar-refractivity contribution in [2.75, 3.05) is 6.54 Å². The molecule has 0 aliphatic heterocycles. The van der Waals surface area contributed by atoms with E-state index in [9.17, 15) is 26.0 Å². The Hall–Kier alpha value is -1.93. The zero-order valence-corrected chi connectivity index (χ0v) is 13.3.